The Morgan fingerprint density at radius 2 is 2.04 bits per heavy atom. The van der Waals surface area contributed by atoms with Crippen LogP contribution in [0.3, 0.4) is 0 Å². The number of hydrogen-bond donors (Lipinski definition) is 1. The summed E-state index contributed by atoms with van der Waals surface area (Å²) in [6.45, 7) is 4.82. The molecule has 1 aromatic rings. The summed E-state index contributed by atoms with van der Waals surface area (Å²) in [4.78, 5) is 17.9. The molecule has 2 aliphatic rings. The summed E-state index contributed by atoms with van der Waals surface area (Å²) in [7, 11) is 0. The molecule has 0 bridgehead atoms. The largest absolute Gasteiger partial charge is 0.389 e. The summed E-state index contributed by atoms with van der Waals surface area (Å²) >= 11 is 1.67. The molecule has 0 aromatic carbocycles. The molecule has 1 aliphatic carbocycles. The maximum absolute atomic E-state index is 12.4. The quantitative estimate of drug-likeness (QED) is 0.815. The van der Waals surface area contributed by atoms with Crippen LogP contribution in [0.1, 0.15) is 30.6 Å². The maximum atomic E-state index is 12.4. The van der Waals surface area contributed by atoms with E-state index in [0.717, 1.165) is 39.0 Å². The first-order valence-electron chi connectivity index (χ1n) is 9.01. The van der Waals surface area contributed by atoms with E-state index in [1.54, 1.807) is 11.3 Å². The van der Waals surface area contributed by atoms with Gasteiger partial charge in [0.05, 0.1) is 19.3 Å². The van der Waals surface area contributed by atoms with Crippen molar-refractivity contribution in [3.63, 3.8) is 0 Å². The lowest BCUT2D eigenvalue weighted by Gasteiger charge is -2.36. The van der Waals surface area contributed by atoms with Crippen LogP contribution < -0.4 is 0 Å². The summed E-state index contributed by atoms with van der Waals surface area (Å²) in [5.41, 5.74) is 0. The molecule has 0 spiro atoms. The van der Waals surface area contributed by atoms with Gasteiger partial charge >= 0.3 is 0 Å². The summed E-state index contributed by atoms with van der Waals surface area (Å²) in [6.07, 6.45) is 4.07. The molecule has 1 aliphatic heterocycles. The van der Waals surface area contributed by atoms with Crippen LogP contribution in [-0.2, 0) is 16.1 Å². The highest BCUT2D eigenvalue weighted by atomic mass is 32.1. The zero-order valence-electron chi connectivity index (χ0n) is 14.2. The normalized spacial score (nSPS) is 21.3. The maximum Gasteiger partial charge on any atom is 0.225 e. The van der Waals surface area contributed by atoms with Crippen molar-refractivity contribution in [2.45, 2.75) is 38.4 Å². The van der Waals surface area contributed by atoms with E-state index in [-0.39, 0.29) is 5.92 Å². The Morgan fingerprint density at radius 1 is 1.29 bits per heavy atom. The highest BCUT2D eigenvalue weighted by molar-refractivity contribution is 7.09. The third-order valence-electron chi connectivity index (χ3n) is 4.99. The van der Waals surface area contributed by atoms with Crippen molar-refractivity contribution in [3.8, 4) is 0 Å². The molecule has 1 N–H and O–H groups in total. The molecule has 1 aromatic heterocycles. The standard InChI is InChI=1S/C18H28N2O3S/c21-16(13-23-14-17-6-3-11-24-17)12-19-7-9-20(10-8-19)18(22)15-4-1-2-5-15/h3,6,11,15-16,21H,1-2,4-5,7-10,12-14H2. The second-order valence-corrected chi connectivity index (χ2v) is 7.89. The fourth-order valence-corrected chi connectivity index (χ4v) is 4.26. The predicted octanol–water partition coefficient (Wildman–Crippen LogP) is 1.96. The lowest BCUT2D eigenvalue weighted by atomic mass is 10.1. The van der Waals surface area contributed by atoms with Gasteiger partial charge in [-0.25, -0.2) is 0 Å². The molecule has 1 atom stereocenters. The minimum Gasteiger partial charge on any atom is -0.389 e. The average Bonchev–Trinajstić information content (AvgIpc) is 3.29. The Hall–Kier alpha value is -0.950. The van der Waals surface area contributed by atoms with Gasteiger partial charge in [0, 0.05) is 43.5 Å². The Bertz CT molecular complexity index is 494. The van der Waals surface area contributed by atoms with Crippen LogP contribution in [0.15, 0.2) is 17.5 Å². The second kappa shape index (κ2) is 8.94. The Balaban J connectivity index is 1.32. The van der Waals surface area contributed by atoms with Crippen molar-refractivity contribution in [2.75, 3.05) is 39.3 Å². The molecule has 2 fully saturated rings. The SMILES string of the molecule is O=C(C1CCCC1)N1CCN(CC(O)COCc2cccs2)CC1. The van der Waals surface area contributed by atoms with Gasteiger partial charge in [-0.05, 0) is 24.3 Å². The lowest BCUT2D eigenvalue weighted by Crippen LogP contribution is -2.51. The molecule has 24 heavy (non-hydrogen) atoms. The Labute approximate surface area is 148 Å². The number of nitrogens with zero attached hydrogens (tertiary/aromatic N) is 2. The monoisotopic (exact) mass is 352 g/mol. The summed E-state index contributed by atoms with van der Waals surface area (Å²) in [5, 5.41) is 12.2. The highest BCUT2D eigenvalue weighted by Gasteiger charge is 2.29. The number of piperazine rings is 1. The fourth-order valence-electron chi connectivity index (χ4n) is 3.62. The third-order valence-corrected chi connectivity index (χ3v) is 5.84. The van der Waals surface area contributed by atoms with E-state index in [1.807, 2.05) is 22.4 Å². The molecule has 134 valence electrons. The fraction of sp³-hybridized carbons (Fsp3) is 0.722. The number of β-amino-alcohol motifs (C(OH)–C–C–N with tert-alkyl or cyclic N) is 1. The van der Waals surface area contributed by atoms with E-state index in [0.29, 0.717) is 25.7 Å². The van der Waals surface area contributed by atoms with Gasteiger partial charge in [0.1, 0.15) is 0 Å². The molecule has 2 heterocycles. The van der Waals surface area contributed by atoms with Crippen molar-refractivity contribution in [1.29, 1.82) is 0 Å². The van der Waals surface area contributed by atoms with Crippen LogP contribution in [-0.4, -0.2) is 66.2 Å². The third kappa shape index (κ3) is 5.02. The van der Waals surface area contributed by atoms with Gasteiger partial charge in [0.2, 0.25) is 5.91 Å². The van der Waals surface area contributed by atoms with Crippen LogP contribution in [0.25, 0.3) is 0 Å². The summed E-state index contributed by atoms with van der Waals surface area (Å²) in [6, 6.07) is 4.05. The Morgan fingerprint density at radius 3 is 2.71 bits per heavy atom. The topological polar surface area (TPSA) is 53.0 Å². The van der Waals surface area contributed by atoms with E-state index in [2.05, 4.69) is 4.90 Å². The van der Waals surface area contributed by atoms with Crippen molar-refractivity contribution >= 4 is 17.2 Å². The van der Waals surface area contributed by atoms with Crippen LogP contribution in [0.5, 0.6) is 0 Å². The van der Waals surface area contributed by atoms with Gasteiger partial charge in [-0.1, -0.05) is 18.9 Å². The number of carbonyl (C=O) groups is 1. The zero-order valence-corrected chi connectivity index (χ0v) is 15.0. The zero-order chi connectivity index (χ0) is 16.8. The van der Waals surface area contributed by atoms with Crippen LogP contribution in [0, 0.1) is 5.92 Å². The van der Waals surface area contributed by atoms with Crippen molar-refractivity contribution in [2.24, 2.45) is 5.92 Å². The van der Waals surface area contributed by atoms with Gasteiger partial charge < -0.3 is 14.7 Å². The first-order valence-corrected chi connectivity index (χ1v) is 9.89. The molecule has 1 saturated carbocycles. The molecule has 1 amide bonds. The molecular formula is C18H28N2O3S. The summed E-state index contributed by atoms with van der Waals surface area (Å²) in [5.74, 6) is 0.625. The van der Waals surface area contributed by atoms with Crippen LogP contribution in [0.2, 0.25) is 0 Å². The summed E-state index contributed by atoms with van der Waals surface area (Å²) < 4.78 is 5.58. The molecule has 5 nitrogen and oxygen atoms in total. The average molecular weight is 353 g/mol. The van der Waals surface area contributed by atoms with E-state index in [9.17, 15) is 9.90 Å². The van der Waals surface area contributed by atoms with Gasteiger partial charge in [-0.15, -0.1) is 11.3 Å². The number of thiophene rings is 1. The lowest BCUT2D eigenvalue weighted by molar-refractivity contribution is -0.137. The Kier molecular flexibility index (Phi) is 6.66. The number of hydrogen-bond acceptors (Lipinski definition) is 5. The van der Waals surface area contributed by atoms with Gasteiger partial charge in [-0.2, -0.15) is 0 Å². The molecule has 0 radical (unpaired) electrons. The van der Waals surface area contributed by atoms with Crippen molar-refractivity contribution in [3.05, 3.63) is 22.4 Å². The first-order chi connectivity index (χ1) is 11.7. The number of aliphatic hydroxyl groups excluding tert-OH is 1. The molecule has 1 unspecified atom stereocenters. The minimum atomic E-state index is -0.470. The van der Waals surface area contributed by atoms with E-state index in [1.165, 1.54) is 17.7 Å². The number of rotatable bonds is 7. The number of ether oxygens (including phenoxy) is 1. The van der Waals surface area contributed by atoms with Gasteiger partial charge in [0.25, 0.3) is 0 Å². The predicted molar refractivity (Wildman–Crippen MR) is 95.0 cm³/mol. The van der Waals surface area contributed by atoms with Crippen LogP contribution in [0.4, 0.5) is 0 Å². The number of aliphatic hydroxyl groups is 1. The second-order valence-electron chi connectivity index (χ2n) is 6.86. The molecule has 1 saturated heterocycles. The van der Waals surface area contributed by atoms with Gasteiger partial charge in [-0.3, -0.25) is 9.69 Å². The first kappa shape index (κ1) is 17.9. The van der Waals surface area contributed by atoms with E-state index < -0.39 is 6.10 Å². The minimum absolute atomic E-state index is 0.271. The number of carbonyl (C=O) groups excluding carboxylic acids is 1. The highest BCUT2D eigenvalue weighted by Crippen LogP contribution is 2.26. The van der Waals surface area contributed by atoms with Gasteiger partial charge in [0.15, 0.2) is 0 Å². The van der Waals surface area contributed by atoms with Crippen molar-refractivity contribution < 1.29 is 14.6 Å². The molecule has 3 rings (SSSR count). The van der Waals surface area contributed by atoms with Crippen LogP contribution >= 0.6 is 11.3 Å². The molecule has 6 heteroatoms. The van der Waals surface area contributed by atoms with Crippen molar-refractivity contribution in [1.82, 2.24) is 9.80 Å². The van der Waals surface area contributed by atoms with E-state index in [4.69, 9.17) is 4.74 Å². The number of amides is 1. The molecular weight excluding hydrogens is 324 g/mol. The smallest absolute Gasteiger partial charge is 0.225 e. The van der Waals surface area contributed by atoms with E-state index >= 15 is 0 Å².